The lowest BCUT2D eigenvalue weighted by Gasteiger charge is -2.10. The Morgan fingerprint density at radius 2 is 2.23 bits per heavy atom. The van der Waals surface area contributed by atoms with Crippen LogP contribution in [0.3, 0.4) is 0 Å². The van der Waals surface area contributed by atoms with Gasteiger partial charge in [-0.2, -0.15) is 5.10 Å². The van der Waals surface area contributed by atoms with Crippen molar-refractivity contribution in [1.82, 2.24) is 20.0 Å². The predicted octanol–water partition coefficient (Wildman–Crippen LogP) is 2.40. The summed E-state index contributed by atoms with van der Waals surface area (Å²) in [7, 11) is 1.41. The Kier molecular flexibility index (Phi) is 5.81. The molecule has 0 bridgehead atoms. The summed E-state index contributed by atoms with van der Waals surface area (Å²) < 4.78 is 25.2. The number of hydrogen-bond acceptors (Lipinski definition) is 8. The summed E-state index contributed by atoms with van der Waals surface area (Å²) in [6, 6.07) is 6.77. The number of benzene rings is 1. The molecule has 9 nitrogen and oxygen atoms in total. The molecular weight excluding hydrogens is 413 g/mol. The third-order valence-corrected chi connectivity index (χ3v) is 5.42. The summed E-state index contributed by atoms with van der Waals surface area (Å²) in [5, 5.41) is 15.9. The van der Waals surface area contributed by atoms with Crippen LogP contribution in [0.4, 0.5) is 9.52 Å². The first-order chi connectivity index (χ1) is 14.5. The van der Waals surface area contributed by atoms with Gasteiger partial charge in [0.1, 0.15) is 29.2 Å². The Bertz CT molecular complexity index is 1130. The molecule has 1 saturated heterocycles. The predicted molar refractivity (Wildman–Crippen MR) is 107 cm³/mol. The third kappa shape index (κ3) is 4.36. The molecule has 0 saturated carbocycles. The lowest BCUT2D eigenvalue weighted by molar-refractivity contribution is -0.117. The second-order valence-corrected chi connectivity index (χ2v) is 7.56. The quantitative estimate of drug-likeness (QED) is 0.638. The van der Waals surface area contributed by atoms with Crippen LogP contribution in [-0.4, -0.2) is 39.6 Å². The van der Waals surface area contributed by atoms with Crippen LogP contribution in [0.5, 0.6) is 5.75 Å². The van der Waals surface area contributed by atoms with Crippen molar-refractivity contribution in [3.63, 3.8) is 0 Å². The molecule has 3 heterocycles. The lowest BCUT2D eigenvalue weighted by Crippen LogP contribution is -2.29. The minimum absolute atomic E-state index is 0.0835. The number of rotatable bonds is 6. The van der Waals surface area contributed by atoms with Crippen molar-refractivity contribution < 1.29 is 18.7 Å². The first-order valence-electron chi connectivity index (χ1n) is 9.20. The van der Waals surface area contributed by atoms with Gasteiger partial charge in [0.2, 0.25) is 11.0 Å². The van der Waals surface area contributed by atoms with Gasteiger partial charge in [0.05, 0.1) is 12.8 Å². The van der Waals surface area contributed by atoms with E-state index in [1.165, 1.54) is 48.8 Å². The average molecular weight is 431 g/mol. The summed E-state index contributed by atoms with van der Waals surface area (Å²) in [5.41, 5.74) is 0.418. The van der Waals surface area contributed by atoms with E-state index in [4.69, 9.17) is 9.47 Å². The SMILES string of the molecule is COc1cc(F)ccc1-c1ccc(=O)n(CC(=O)Nc2nnc(C3CCCO3)s2)n1. The van der Waals surface area contributed by atoms with Crippen LogP contribution in [0.15, 0.2) is 35.1 Å². The standard InChI is InChI=1S/C19H18FN5O4S/c1-28-15-9-11(20)4-5-12(15)13-6-7-17(27)25(24-13)10-16(26)21-19-23-22-18(30-19)14-3-2-8-29-14/h4-7,9,14H,2-3,8,10H2,1H3,(H,21,23,26). The molecule has 3 aromatic rings. The Balaban J connectivity index is 1.50. The molecular formula is C19H18FN5O4S. The number of methoxy groups -OCH3 is 1. The normalized spacial score (nSPS) is 15.9. The Morgan fingerprint density at radius 3 is 3.00 bits per heavy atom. The van der Waals surface area contributed by atoms with Crippen LogP contribution in [0.1, 0.15) is 24.0 Å². The molecule has 156 valence electrons. The third-order valence-electron chi connectivity index (χ3n) is 4.49. The maximum Gasteiger partial charge on any atom is 0.267 e. The highest BCUT2D eigenvalue weighted by Gasteiger charge is 2.22. The number of anilines is 1. The van der Waals surface area contributed by atoms with Crippen LogP contribution in [0.2, 0.25) is 0 Å². The maximum absolute atomic E-state index is 13.4. The highest BCUT2D eigenvalue weighted by Crippen LogP contribution is 2.32. The molecule has 30 heavy (non-hydrogen) atoms. The molecule has 1 N–H and O–H groups in total. The van der Waals surface area contributed by atoms with Crippen LogP contribution < -0.4 is 15.6 Å². The zero-order valence-corrected chi connectivity index (χ0v) is 16.8. The van der Waals surface area contributed by atoms with Gasteiger partial charge >= 0.3 is 0 Å². The van der Waals surface area contributed by atoms with Crippen molar-refractivity contribution in [2.45, 2.75) is 25.5 Å². The monoisotopic (exact) mass is 431 g/mol. The van der Waals surface area contributed by atoms with E-state index >= 15 is 0 Å². The topological polar surface area (TPSA) is 108 Å². The van der Waals surface area contributed by atoms with E-state index in [1.807, 2.05) is 0 Å². The minimum Gasteiger partial charge on any atom is -0.496 e. The van der Waals surface area contributed by atoms with E-state index in [9.17, 15) is 14.0 Å². The number of nitrogens with one attached hydrogen (secondary N) is 1. The van der Waals surface area contributed by atoms with Crippen molar-refractivity contribution in [3.05, 3.63) is 51.5 Å². The fourth-order valence-electron chi connectivity index (χ4n) is 3.06. The second-order valence-electron chi connectivity index (χ2n) is 6.55. The van der Waals surface area contributed by atoms with E-state index in [-0.39, 0.29) is 18.4 Å². The smallest absolute Gasteiger partial charge is 0.267 e. The molecule has 1 atom stereocenters. The molecule has 1 fully saturated rings. The number of hydrogen-bond donors (Lipinski definition) is 1. The van der Waals surface area contributed by atoms with E-state index in [2.05, 4.69) is 20.6 Å². The molecule has 0 aliphatic carbocycles. The molecule has 11 heteroatoms. The fourth-order valence-corrected chi connectivity index (χ4v) is 3.91. The molecule has 2 aromatic heterocycles. The minimum atomic E-state index is -0.470. The van der Waals surface area contributed by atoms with E-state index in [0.29, 0.717) is 28.0 Å². The summed E-state index contributed by atoms with van der Waals surface area (Å²) in [5.74, 6) is -0.654. The molecule has 1 aromatic carbocycles. The largest absolute Gasteiger partial charge is 0.496 e. The second kappa shape index (κ2) is 8.67. The number of amides is 1. The first kappa shape index (κ1) is 20.1. The van der Waals surface area contributed by atoms with E-state index < -0.39 is 17.3 Å². The molecule has 0 spiro atoms. The maximum atomic E-state index is 13.4. The first-order valence-corrected chi connectivity index (χ1v) is 10.0. The number of aromatic nitrogens is 4. The van der Waals surface area contributed by atoms with Gasteiger partial charge in [-0.15, -0.1) is 10.2 Å². The van der Waals surface area contributed by atoms with Crippen LogP contribution in [0, 0.1) is 5.82 Å². The molecule has 1 amide bonds. The molecule has 1 aliphatic heterocycles. The Labute approximate surface area is 174 Å². The number of carbonyl (C=O) groups excluding carboxylic acids is 1. The zero-order valence-electron chi connectivity index (χ0n) is 16.0. The van der Waals surface area contributed by atoms with Crippen molar-refractivity contribution in [3.8, 4) is 17.0 Å². The van der Waals surface area contributed by atoms with Gasteiger partial charge in [-0.05, 0) is 31.0 Å². The lowest BCUT2D eigenvalue weighted by atomic mass is 10.1. The number of ether oxygens (including phenoxy) is 2. The van der Waals surface area contributed by atoms with Gasteiger partial charge in [0.15, 0.2) is 0 Å². The molecule has 1 unspecified atom stereocenters. The van der Waals surface area contributed by atoms with Crippen LogP contribution in [-0.2, 0) is 16.1 Å². The van der Waals surface area contributed by atoms with Gasteiger partial charge < -0.3 is 9.47 Å². The van der Waals surface area contributed by atoms with Crippen LogP contribution in [0.25, 0.3) is 11.3 Å². The number of halogens is 1. The van der Waals surface area contributed by atoms with Crippen LogP contribution >= 0.6 is 11.3 Å². The summed E-state index contributed by atoms with van der Waals surface area (Å²) in [4.78, 5) is 24.6. The highest BCUT2D eigenvalue weighted by molar-refractivity contribution is 7.15. The number of nitrogens with zero attached hydrogens (tertiary/aromatic N) is 4. The van der Waals surface area contributed by atoms with Crippen molar-refractivity contribution in [2.75, 3.05) is 19.0 Å². The van der Waals surface area contributed by atoms with Crippen molar-refractivity contribution in [1.29, 1.82) is 0 Å². The number of carbonyl (C=O) groups is 1. The van der Waals surface area contributed by atoms with E-state index in [0.717, 1.165) is 17.5 Å². The molecule has 1 aliphatic rings. The van der Waals surface area contributed by atoms with Gasteiger partial charge in [0, 0.05) is 24.3 Å². The average Bonchev–Trinajstić information content (AvgIpc) is 3.41. The molecule has 0 radical (unpaired) electrons. The van der Waals surface area contributed by atoms with E-state index in [1.54, 1.807) is 0 Å². The van der Waals surface area contributed by atoms with Gasteiger partial charge in [-0.1, -0.05) is 11.3 Å². The fraction of sp³-hybridized carbons (Fsp3) is 0.316. The molecule has 4 rings (SSSR count). The van der Waals surface area contributed by atoms with Crippen molar-refractivity contribution >= 4 is 22.4 Å². The van der Waals surface area contributed by atoms with Gasteiger partial charge in [-0.3, -0.25) is 14.9 Å². The Morgan fingerprint density at radius 1 is 1.37 bits per heavy atom. The summed E-state index contributed by atoms with van der Waals surface area (Å²) in [6.45, 7) is 0.376. The van der Waals surface area contributed by atoms with Crippen molar-refractivity contribution in [2.24, 2.45) is 0 Å². The summed E-state index contributed by atoms with van der Waals surface area (Å²) >= 11 is 1.24. The Hall–Kier alpha value is -3.18. The van der Waals surface area contributed by atoms with Gasteiger partial charge in [-0.25, -0.2) is 9.07 Å². The highest BCUT2D eigenvalue weighted by atomic mass is 32.1. The zero-order chi connectivity index (χ0) is 21.1. The van der Waals surface area contributed by atoms with Gasteiger partial charge in [0.25, 0.3) is 5.56 Å². The summed E-state index contributed by atoms with van der Waals surface area (Å²) in [6.07, 6.45) is 1.76.